The predicted octanol–water partition coefficient (Wildman–Crippen LogP) is 3.20. The summed E-state index contributed by atoms with van der Waals surface area (Å²) in [6.07, 6.45) is -1.54. The molecule has 8 heteroatoms. The first-order chi connectivity index (χ1) is 12.5. The Kier molecular flexibility index (Phi) is 4.04. The number of halogens is 1. The normalized spacial score (nSPS) is 16.4. The number of carbonyl (C=O) groups excluding carboxylic acids is 1. The van der Waals surface area contributed by atoms with Gasteiger partial charge in [-0.15, -0.1) is 11.3 Å². The molecule has 1 aromatic heterocycles. The third-order valence-corrected chi connectivity index (χ3v) is 5.10. The van der Waals surface area contributed by atoms with Crippen LogP contribution in [0.3, 0.4) is 0 Å². The lowest BCUT2D eigenvalue weighted by Crippen LogP contribution is -2.46. The minimum absolute atomic E-state index is 0.119. The van der Waals surface area contributed by atoms with E-state index in [1.807, 2.05) is 0 Å². The number of para-hydroxylation sites is 2. The Labute approximate surface area is 151 Å². The van der Waals surface area contributed by atoms with Gasteiger partial charge >= 0.3 is 5.97 Å². The number of hydrogen-bond donors (Lipinski definition) is 1. The van der Waals surface area contributed by atoms with E-state index in [1.165, 1.54) is 22.3 Å². The molecule has 3 aromatic rings. The van der Waals surface area contributed by atoms with E-state index in [0.29, 0.717) is 26.7 Å². The monoisotopic (exact) mass is 372 g/mol. The molecule has 0 fully saturated rings. The Bertz CT molecular complexity index is 1020. The van der Waals surface area contributed by atoms with Crippen molar-refractivity contribution in [2.75, 3.05) is 4.90 Å². The molecular weight excluding hydrogens is 359 g/mol. The number of carbonyl (C=O) groups is 2. The zero-order chi connectivity index (χ0) is 18.3. The van der Waals surface area contributed by atoms with Gasteiger partial charge < -0.3 is 9.84 Å². The summed E-state index contributed by atoms with van der Waals surface area (Å²) in [7, 11) is 0. The van der Waals surface area contributed by atoms with Crippen molar-refractivity contribution >= 4 is 39.1 Å². The fourth-order valence-electron chi connectivity index (χ4n) is 2.89. The lowest BCUT2D eigenvalue weighted by atomic mass is 10.1. The fraction of sp³-hybridized carbons (Fsp3) is 0.167. The summed E-state index contributed by atoms with van der Waals surface area (Å²) in [6, 6.07) is 11.6. The highest BCUT2D eigenvalue weighted by Crippen LogP contribution is 2.36. The largest absolute Gasteiger partial charge is 0.481 e. The van der Waals surface area contributed by atoms with Gasteiger partial charge in [-0.2, -0.15) is 0 Å². The van der Waals surface area contributed by atoms with E-state index < -0.39 is 24.4 Å². The molecule has 0 bridgehead atoms. The van der Waals surface area contributed by atoms with Crippen molar-refractivity contribution in [3.8, 4) is 5.75 Å². The third-order valence-electron chi connectivity index (χ3n) is 4.03. The number of rotatable bonds is 4. The quantitative estimate of drug-likeness (QED) is 0.761. The summed E-state index contributed by atoms with van der Waals surface area (Å²) in [4.78, 5) is 29.6. The SMILES string of the molecule is O=C(O)CC1Oc2ccccc2N(Cc2nc3cccc(F)c3s2)C1=O. The minimum Gasteiger partial charge on any atom is -0.481 e. The Morgan fingerprint density at radius 1 is 1.27 bits per heavy atom. The molecule has 1 N–H and O–H groups in total. The second kappa shape index (κ2) is 6.38. The molecule has 4 rings (SSSR count). The molecule has 1 aliphatic rings. The van der Waals surface area contributed by atoms with Crippen LogP contribution in [-0.2, 0) is 16.1 Å². The molecule has 132 valence electrons. The van der Waals surface area contributed by atoms with Gasteiger partial charge in [0, 0.05) is 0 Å². The van der Waals surface area contributed by atoms with Crippen LogP contribution in [0.15, 0.2) is 42.5 Å². The van der Waals surface area contributed by atoms with Crippen LogP contribution in [0.1, 0.15) is 11.4 Å². The van der Waals surface area contributed by atoms with E-state index in [-0.39, 0.29) is 12.4 Å². The predicted molar refractivity (Wildman–Crippen MR) is 93.9 cm³/mol. The topological polar surface area (TPSA) is 79.7 Å². The Hall–Kier alpha value is -3.00. The summed E-state index contributed by atoms with van der Waals surface area (Å²) in [5.41, 5.74) is 1.07. The number of anilines is 1. The average molecular weight is 372 g/mol. The second-order valence-electron chi connectivity index (χ2n) is 5.79. The Morgan fingerprint density at radius 3 is 2.85 bits per heavy atom. The van der Waals surface area contributed by atoms with Gasteiger partial charge in [0.2, 0.25) is 0 Å². The van der Waals surface area contributed by atoms with E-state index in [9.17, 15) is 14.0 Å². The molecular formula is C18H13FN2O4S. The number of nitrogens with zero attached hydrogens (tertiary/aromatic N) is 2. The van der Waals surface area contributed by atoms with E-state index in [0.717, 1.165) is 0 Å². The molecule has 1 unspecified atom stereocenters. The van der Waals surface area contributed by atoms with Crippen LogP contribution < -0.4 is 9.64 Å². The summed E-state index contributed by atoms with van der Waals surface area (Å²) in [5, 5.41) is 9.59. The molecule has 1 aliphatic heterocycles. The second-order valence-corrected chi connectivity index (χ2v) is 6.88. The number of ether oxygens (including phenoxy) is 1. The van der Waals surface area contributed by atoms with E-state index >= 15 is 0 Å². The molecule has 0 saturated heterocycles. The number of amides is 1. The molecule has 2 heterocycles. The molecule has 0 spiro atoms. The van der Waals surface area contributed by atoms with Crippen molar-refractivity contribution in [2.24, 2.45) is 0 Å². The average Bonchev–Trinajstić information content (AvgIpc) is 3.02. The number of aliphatic carboxylic acids is 1. The number of benzene rings is 2. The minimum atomic E-state index is -1.12. The van der Waals surface area contributed by atoms with Gasteiger partial charge in [-0.05, 0) is 24.3 Å². The van der Waals surface area contributed by atoms with Crippen LogP contribution in [-0.4, -0.2) is 28.1 Å². The first-order valence-electron chi connectivity index (χ1n) is 7.85. The van der Waals surface area contributed by atoms with Crippen molar-refractivity contribution in [1.29, 1.82) is 0 Å². The molecule has 0 saturated carbocycles. The number of aromatic nitrogens is 1. The lowest BCUT2D eigenvalue weighted by Gasteiger charge is -2.33. The van der Waals surface area contributed by atoms with Crippen molar-refractivity contribution in [3.05, 3.63) is 53.3 Å². The zero-order valence-corrected chi connectivity index (χ0v) is 14.2. The fourth-order valence-corrected chi connectivity index (χ4v) is 3.85. The van der Waals surface area contributed by atoms with Gasteiger partial charge in [-0.25, -0.2) is 9.37 Å². The maximum Gasteiger partial charge on any atom is 0.307 e. The highest BCUT2D eigenvalue weighted by molar-refractivity contribution is 7.18. The van der Waals surface area contributed by atoms with Crippen molar-refractivity contribution in [2.45, 2.75) is 19.1 Å². The smallest absolute Gasteiger partial charge is 0.307 e. The number of carboxylic acid groups (broad SMARTS) is 1. The maximum absolute atomic E-state index is 13.9. The van der Waals surface area contributed by atoms with Gasteiger partial charge in [0.1, 0.15) is 16.6 Å². The van der Waals surface area contributed by atoms with Crippen LogP contribution in [0.5, 0.6) is 5.75 Å². The van der Waals surface area contributed by atoms with E-state index in [1.54, 1.807) is 36.4 Å². The Morgan fingerprint density at radius 2 is 2.08 bits per heavy atom. The van der Waals surface area contributed by atoms with Gasteiger partial charge in [0.15, 0.2) is 6.10 Å². The van der Waals surface area contributed by atoms with Crippen LogP contribution in [0.2, 0.25) is 0 Å². The maximum atomic E-state index is 13.9. The first-order valence-corrected chi connectivity index (χ1v) is 8.67. The van der Waals surface area contributed by atoms with Gasteiger partial charge in [-0.1, -0.05) is 18.2 Å². The van der Waals surface area contributed by atoms with Crippen molar-refractivity contribution in [1.82, 2.24) is 4.98 Å². The molecule has 1 atom stereocenters. The Balaban J connectivity index is 1.71. The van der Waals surface area contributed by atoms with Crippen LogP contribution in [0.25, 0.3) is 10.2 Å². The molecule has 2 aromatic carbocycles. The van der Waals surface area contributed by atoms with Gasteiger partial charge in [-0.3, -0.25) is 14.5 Å². The zero-order valence-electron chi connectivity index (χ0n) is 13.4. The lowest BCUT2D eigenvalue weighted by molar-refractivity contribution is -0.142. The molecule has 26 heavy (non-hydrogen) atoms. The summed E-state index contributed by atoms with van der Waals surface area (Å²) in [5.74, 6) is -1.50. The van der Waals surface area contributed by atoms with E-state index in [4.69, 9.17) is 9.84 Å². The molecule has 1 amide bonds. The number of fused-ring (bicyclic) bond motifs is 2. The molecule has 6 nitrogen and oxygen atoms in total. The standard InChI is InChI=1S/C18H13FN2O4S/c19-10-4-3-5-11-17(10)26-15(20-11)9-21-12-6-1-2-7-13(12)25-14(18(21)24)8-16(22)23/h1-7,14H,8-9H2,(H,22,23). The van der Waals surface area contributed by atoms with Crippen LogP contribution in [0.4, 0.5) is 10.1 Å². The van der Waals surface area contributed by atoms with Crippen molar-refractivity contribution < 1.29 is 23.8 Å². The van der Waals surface area contributed by atoms with E-state index in [2.05, 4.69) is 4.98 Å². The van der Waals surface area contributed by atoms with Crippen LogP contribution >= 0.6 is 11.3 Å². The number of carboxylic acids is 1. The number of hydrogen-bond acceptors (Lipinski definition) is 5. The number of thiazole rings is 1. The highest BCUT2D eigenvalue weighted by Gasteiger charge is 2.36. The van der Waals surface area contributed by atoms with Crippen molar-refractivity contribution in [3.63, 3.8) is 0 Å². The summed E-state index contributed by atoms with van der Waals surface area (Å²) < 4.78 is 19.9. The summed E-state index contributed by atoms with van der Waals surface area (Å²) >= 11 is 1.17. The summed E-state index contributed by atoms with van der Waals surface area (Å²) in [6.45, 7) is 0.119. The van der Waals surface area contributed by atoms with Gasteiger partial charge in [0.05, 0.1) is 28.9 Å². The van der Waals surface area contributed by atoms with Crippen LogP contribution in [0, 0.1) is 5.82 Å². The first kappa shape index (κ1) is 16.5. The molecule has 0 radical (unpaired) electrons. The van der Waals surface area contributed by atoms with Gasteiger partial charge in [0.25, 0.3) is 5.91 Å². The third kappa shape index (κ3) is 2.88. The molecule has 0 aliphatic carbocycles. The highest BCUT2D eigenvalue weighted by atomic mass is 32.1.